The van der Waals surface area contributed by atoms with Gasteiger partial charge < -0.3 is 10.4 Å². The third-order valence-corrected chi connectivity index (χ3v) is 10.3. The number of H-pyrrole nitrogens is 1. The summed E-state index contributed by atoms with van der Waals surface area (Å²) in [4.78, 5) is 33.6. The first-order valence-corrected chi connectivity index (χ1v) is 16.2. The van der Waals surface area contributed by atoms with Crippen LogP contribution < -0.4 is 21.5 Å². The van der Waals surface area contributed by atoms with Crippen molar-refractivity contribution in [3.05, 3.63) is 68.3 Å². The lowest BCUT2D eigenvalue weighted by Gasteiger charge is -2.34. The lowest BCUT2D eigenvalue weighted by molar-refractivity contribution is -0.109. The van der Waals surface area contributed by atoms with E-state index in [1.807, 2.05) is 48.9 Å². The number of anilines is 1. The Bertz CT molecular complexity index is 1850. The van der Waals surface area contributed by atoms with Crippen molar-refractivity contribution in [3.63, 3.8) is 0 Å². The first-order valence-electron chi connectivity index (χ1n) is 16.2. The molecule has 7 nitrogen and oxygen atoms in total. The number of allylic oxidation sites excluding steroid dienone is 2. The summed E-state index contributed by atoms with van der Waals surface area (Å²) >= 11 is 0. The topological polar surface area (TPSA) is 99.5 Å². The van der Waals surface area contributed by atoms with Crippen molar-refractivity contribution < 1.29 is 9.90 Å². The fourth-order valence-electron chi connectivity index (χ4n) is 8.32. The van der Waals surface area contributed by atoms with Crippen LogP contribution in [0, 0.1) is 11.8 Å². The predicted molar refractivity (Wildman–Crippen MR) is 172 cm³/mol. The van der Waals surface area contributed by atoms with Gasteiger partial charge in [-0.2, -0.15) is 0 Å². The van der Waals surface area contributed by atoms with E-state index in [-0.39, 0.29) is 34.3 Å². The van der Waals surface area contributed by atoms with Crippen molar-refractivity contribution in [1.29, 1.82) is 0 Å². The predicted octanol–water partition coefficient (Wildman–Crippen LogP) is 6.42. The van der Waals surface area contributed by atoms with Crippen LogP contribution in [0.15, 0.2) is 45.9 Å². The average Bonchev–Trinajstić information content (AvgIpc) is 3.60. The molecule has 3 aliphatic carbocycles. The standard InChI is InChI=1S/C36H44N4O3/c1-35(2,3)33-28(34(43)40(39-33)30(22-14-9-10-15-22)21-12-7-6-8-13-21)27-31(41)26(32(27)42)23-19-18-20-16-11-17-24-25(20)29(23)38-36(4,5)37-24/h11,16-19,21-22,30,37,39,41H,6-10,12-15H2,1-5H3/b26-23-. The Balaban J connectivity index is 1.44. The molecule has 1 atom stereocenters. The number of nitrogens with zero attached hydrogens (tertiary/aromatic N) is 2. The Morgan fingerprint density at radius 3 is 2.21 bits per heavy atom. The van der Waals surface area contributed by atoms with E-state index in [0.717, 1.165) is 47.8 Å². The zero-order valence-electron chi connectivity index (χ0n) is 26.1. The zero-order valence-corrected chi connectivity index (χ0v) is 26.1. The molecule has 2 heterocycles. The number of nitrogens with one attached hydrogen (secondary N) is 2. The lowest BCUT2D eigenvalue weighted by atomic mass is 9.77. The van der Waals surface area contributed by atoms with E-state index in [4.69, 9.17) is 4.99 Å². The summed E-state index contributed by atoms with van der Waals surface area (Å²) in [7, 11) is 0. The minimum atomic E-state index is -0.574. The molecule has 7 heteroatoms. The van der Waals surface area contributed by atoms with Gasteiger partial charge in [-0.3, -0.25) is 19.7 Å². The van der Waals surface area contributed by atoms with Gasteiger partial charge in [0.25, 0.3) is 5.56 Å². The molecular weight excluding hydrogens is 536 g/mol. The fraction of sp³-hybridized carbons (Fsp3) is 0.528. The van der Waals surface area contributed by atoms with Gasteiger partial charge in [-0.1, -0.05) is 77.1 Å². The monoisotopic (exact) mass is 580 g/mol. The number of aromatic amines is 1. The lowest BCUT2D eigenvalue weighted by Crippen LogP contribution is -2.43. The summed E-state index contributed by atoms with van der Waals surface area (Å²) in [6.07, 6.45) is 10.6. The van der Waals surface area contributed by atoms with Crippen LogP contribution in [0.3, 0.4) is 0 Å². The first-order chi connectivity index (χ1) is 20.5. The van der Waals surface area contributed by atoms with E-state index in [0.29, 0.717) is 28.0 Å². The van der Waals surface area contributed by atoms with Crippen LogP contribution in [-0.4, -0.2) is 26.3 Å². The second kappa shape index (κ2) is 9.96. The maximum atomic E-state index is 14.5. The van der Waals surface area contributed by atoms with Gasteiger partial charge in [0.05, 0.1) is 33.8 Å². The van der Waals surface area contributed by atoms with E-state index in [1.165, 1.54) is 32.1 Å². The number of aromatic nitrogens is 2. The Morgan fingerprint density at radius 1 is 0.930 bits per heavy atom. The van der Waals surface area contributed by atoms with Crippen LogP contribution in [0.1, 0.15) is 110 Å². The molecule has 226 valence electrons. The van der Waals surface area contributed by atoms with Gasteiger partial charge in [-0.15, -0.1) is 0 Å². The van der Waals surface area contributed by atoms with Crippen molar-refractivity contribution in [1.82, 2.24) is 9.78 Å². The molecule has 0 spiro atoms. The van der Waals surface area contributed by atoms with Crippen LogP contribution >= 0.6 is 0 Å². The summed E-state index contributed by atoms with van der Waals surface area (Å²) < 4.78 is 1.88. The minimum Gasteiger partial charge on any atom is -0.506 e. The number of aliphatic hydroxyl groups is 1. The van der Waals surface area contributed by atoms with Gasteiger partial charge in [0.15, 0.2) is 0 Å². The van der Waals surface area contributed by atoms with Gasteiger partial charge in [-0.25, -0.2) is 4.68 Å². The number of hydrogen-bond donors (Lipinski definition) is 3. The molecule has 4 aliphatic rings. The Kier molecular flexibility index (Phi) is 6.53. The van der Waals surface area contributed by atoms with Crippen molar-refractivity contribution >= 4 is 33.4 Å². The molecule has 3 N–H and O–H groups in total. The molecule has 0 radical (unpaired) electrons. The number of ketones is 1. The van der Waals surface area contributed by atoms with Gasteiger partial charge in [0.2, 0.25) is 5.78 Å². The highest BCUT2D eigenvalue weighted by atomic mass is 16.3. The van der Waals surface area contributed by atoms with Crippen molar-refractivity contribution in [2.24, 2.45) is 16.8 Å². The van der Waals surface area contributed by atoms with Crippen molar-refractivity contribution in [2.75, 3.05) is 5.32 Å². The van der Waals surface area contributed by atoms with E-state index in [9.17, 15) is 14.7 Å². The molecule has 0 bridgehead atoms. The highest BCUT2D eigenvalue weighted by Crippen LogP contribution is 2.45. The highest BCUT2D eigenvalue weighted by Gasteiger charge is 2.43. The van der Waals surface area contributed by atoms with E-state index < -0.39 is 11.1 Å². The normalized spacial score (nSPS) is 22.9. The molecule has 43 heavy (non-hydrogen) atoms. The second-order valence-corrected chi connectivity index (χ2v) is 14.8. The Labute approximate surface area is 252 Å². The third kappa shape index (κ3) is 4.49. The minimum absolute atomic E-state index is 0.100. The molecule has 3 aromatic rings. The molecule has 1 aliphatic heterocycles. The maximum absolute atomic E-state index is 14.5. The molecule has 2 fully saturated rings. The van der Waals surface area contributed by atoms with Crippen LogP contribution in [0.2, 0.25) is 0 Å². The average molecular weight is 581 g/mol. The van der Waals surface area contributed by atoms with E-state index >= 15 is 0 Å². The van der Waals surface area contributed by atoms with Crippen LogP contribution in [0.25, 0.3) is 21.9 Å². The summed E-state index contributed by atoms with van der Waals surface area (Å²) in [6, 6.07) is 10.0. The van der Waals surface area contributed by atoms with Gasteiger partial charge in [0.1, 0.15) is 11.4 Å². The number of carbonyl (C=O) groups excluding carboxylic acids is 1. The summed E-state index contributed by atoms with van der Waals surface area (Å²) in [6.45, 7) is 10.2. The van der Waals surface area contributed by atoms with Crippen molar-refractivity contribution in [2.45, 2.75) is 110 Å². The molecule has 2 aromatic carbocycles. The SMILES string of the molecule is CC1(C)N=c2/c(=C3\C(=O)C(c4c(C(C)(C)C)[nH]n(C(C5CCCCC5)C5CCCC5)c4=O)=C3O)ccc3cccc(c23)N1. The number of hydrogen-bond acceptors (Lipinski definition) is 5. The Hall–Kier alpha value is -3.61. The molecule has 2 saturated carbocycles. The number of carbonyl (C=O) groups is 1. The number of rotatable bonds is 4. The molecule has 0 amide bonds. The molecular formula is C36H44N4O3. The Morgan fingerprint density at radius 2 is 1.58 bits per heavy atom. The van der Waals surface area contributed by atoms with E-state index in [2.05, 4.69) is 31.2 Å². The van der Waals surface area contributed by atoms with Crippen LogP contribution in [-0.2, 0) is 10.2 Å². The van der Waals surface area contributed by atoms with Gasteiger partial charge in [0, 0.05) is 21.7 Å². The zero-order chi connectivity index (χ0) is 30.3. The first kappa shape index (κ1) is 28.2. The smallest absolute Gasteiger partial charge is 0.275 e. The maximum Gasteiger partial charge on any atom is 0.275 e. The largest absolute Gasteiger partial charge is 0.506 e. The second-order valence-electron chi connectivity index (χ2n) is 14.8. The molecule has 0 saturated heterocycles. The van der Waals surface area contributed by atoms with E-state index in [1.54, 1.807) is 0 Å². The third-order valence-electron chi connectivity index (χ3n) is 10.3. The number of benzene rings is 2. The highest BCUT2D eigenvalue weighted by molar-refractivity contribution is 6.51. The van der Waals surface area contributed by atoms with Crippen molar-refractivity contribution in [3.8, 4) is 0 Å². The van der Waals surface area contributed by atoms with Gasteiger partial charge in [-0.05, 0) is 62.8 Å². The number of Topliss-reactive ketones (excluding diaryl/α,β-unsaturated/α-hetero) is 1. The summed E-state index contributed by atoms with van der Waals surface area (Å²) in [5.41, 5.74) is 1.24. The molecule has 7 rings (SSSR count). The summed E-state index contributed by atoms with van der Waals surface area (Å²) in [5, 5.41) is 22.0. The van der Waals surface area contributed by atoms with Crippen LogP contribution in [0.4, 0.5) is 5.69 Å². The molecule has 1 aromatic heterocycles. The fourth-order valence-corrected chi connectivity index (χ4v) is 8.32. The van der Waals surface area contributed by atoms with Gasteiger partial charge >= 0.3 is 0 Å². The quantitative estimate of drug-likeness (QED) is 0.332. The van der Waals surface area contributed by atoms with Crippen LogP contribution in [0.5, 0.6) is 0 Å². The summed E-state index contributed by atoms with van der Waals surface area (Å²) in [5.74, 6) is 0.518. The molecule has 1 unspecified atom stereocenters. The number of aliphatic hydroxyl groups excluding tert-OH is 1.